The van der Waals surface area contributed by atoms with Crippen molar-refractivity contribution in [3.05, 3.63) is 16.9 Å². The minimum atomic E-state index is -0.763. The van der Waals surface area contributed by atoms with Crippen LogP contribution in [-0.2, 0) is 10.2 Å². The molecule has 2 aromatic rings. The molecule has 1 fully saturated rings. The molecule has 0 radical (unpaired) electrons. The lowest BCUT2D eigenvalue weighted by atomic mass is 10.0. The van der Waals surface area contributed by atoms with Crippen molar-refractivity contribution in [1.29, 1.82) is 0 Å². The average Bonchev–Trinajstić information content (AvgIpc) is 2.67. The molecule has 2 heterocycles. The number of thiazole rings is 1. The van der Waals surface area contributed by atoms with Gasteiger partial charge in [-0.15, -0.1) is 10.2 Å². The minimum Gasteiger partial charge on any atom is -0.481 e. The molecule has 0 atom stereocenters. The summed E-state index contributed by atoms with van der Waals surface area (Å²) < 4.78 is 1.94. The van der Waals surface area contributed by atoms with E-state index in [1.807, 2.05) is 17.5 Å². The number of carbonyl (C=O) groups is 1. The molecule has 16 heavy (non-hydrogen) atoms. The van der Waals surface area contributed by atoms with Gasteiger partial charge in [-0.25, -0.2) is 0 Å². The van der Waals surface area contributed by atoms with Crippen LogP contribution in [0.3, 0.4) is 0 Å². The first kappa shape index (κ1) is 9.77. The normalized spacial score (nSPS) is 17.8. The van der Waals surface area contributed by atoms with Crippen LogP contribution in [0.2, 0.25) is 0 Å². The Balaban J connectivity index is 2.08. The van der Waals surface area contributed by atoms with E-state index >= 15 is 0 Å². The van der Waals surface area contributed by atoms with E-state index < -0.39 is 5.97 Å². The van der Waals surface area contributed by atoms with E-state index in [0.29, 0.717) is 0 Å². The third-order valence-corrected chi connectivity index (χ3v) is 3.93. The maximum atomic E-state index is 10.8. The standard InChI is InChI=1S/C10H11N3O2S/c1-6-5-13-8(11-12-9(13)16-6)10(2-3-10)4-7(14)15/h5H,2-4H2,1H3,(H,14,15). The quantitative estimate of drug-likeness (QED) is 0.880. The van der Waals surface area contributed by atoms with Gasteiger partial charge in [0.15, 0.2) is 0 Å². The molecule has 0 aromatic carbocycles. The van der Waals surface area contributed by atoms with Crippen LogP contribution in [0, 0.1) is 6.92 Å². The largest absolute Gasteiger partial charge is 0.481 e. The molecule has 3 rings (SSSR count). The summed E-state index contributed by atoms with van der Waals surface area (Å²) in [5.41, 5.74) is -0.265. The second kappa shape index (κ2) is 3.04. The zero-order chi connectivity index (χ0) is 11.3. The van der Waals surface area contributed by atoms with Crippen LogP contribution >= 0.6 is 11.3 Å². The predicted molar refractivity (Wildman–Crippen MR) is 58.8 cm³/mol. The molecule has 1 aliphatic carbocycles. The first-order valence-corrected chi connectivity index (χ1v) is 5.96. The molecule has 84 valence electrons. The van der Waals surface area contributed by atoms with Gasteiger partial charge in [-0.05, 0) is 19.8 Å². The van der Waals surface area contributed by atoms with Gasteiger partial charge in [0.2, 0.25) is 4.96 Å². The van der Waals surface area contributed by atoms with Gasteiger partial charge in [0.05, 0.1) is 6.42 Å². The van der Waals surface area contributed by atoms with Crippen LogP contribution in [0.25, 0.3) is 4.96 Å². The smallest absolute Gasteiger partial charge is 0.304 e. The van der Waals surface area contributed by atoms with Crippen LogP contribution < -0.4 is 0 Å². The topological polar surface area (TPSA) is 67.5 Å². The molecule has 0 bridgehead atoms. The number of aromatic nitrogens is 3. The predicted octanol–water partition coefficient (Wildman–Crippen LogP) is 1.61. The summed E-state index contributed by atoms with van der Waals surface area (Å²) >= 11 is 1.58. The summed E-state index contributed by atoms with van der Waals surface area (Å²) in [6, 6.07) is 0. The summed E-state index contributed by atoms with van der Waals surface area (Å²) in [5, 5.41) is 17.1. The van der Waals surface area contributed by atoms with Crippen molar-refractivity contribution < 1.29 is 9.90 Å². The summed E-state index contributed by atoms with van der Waals surface area (Å²) in [4.78, 5) is 12.9. The van der Waals surface area contributed by atoms with Gasteiger partial charge in [0.1, 0.15) is 5.82 Å². The van der Waals surface area contributed by atoms with Crippen molar-refractivity contribution >= 4 is 22.3 Å². The van der Waals surface area contributed by atoms with Crippen LogP contribution in [0.5, 0.6) is 0 Å². The van der Waals surface area contributed by atoms with Gasteiger partial charge in [0, 0.05) is 16.5 Å². The van der Waals surface area contributed by atoms with Crippen LogP contribution in [0.1, 0.15) is 30.0 Å². The van der Waals surface area contributed by atoms with E-state index in [1.165, 1.54) is 0 Å². The number of carboxylic acids is 1. The molecule has 1 saturated carbocycles. The van der Waals surface area contributed by atoms with Gasteiger partial charge in [0.25, 0.3) is 0 Å². The maximum Gasteiger partial charge on any atom is 0.304 e. The molecule has 1 N–H and O–H groups in total. The second-order valence-electron chi connectivity index (χ2n) is 4.37. The Morgan fingerprint density at radius 3 is 3.00 bits per heavy atom. The van der Waals surface area contributed by atoms with Crippen molar-refractivity contribution in [3.8, 4) is 0 Å². The van der Waals surface area contributed by atoms with E-state index in [4.69, 9.17) is 5.11 Å². The zero-order valence-electron chi connectivity index (χ0n) is 8.80. The highest BCUT2D eigenvalue weighted by atomic mass is 32.1. The Hall–Kier alpha value is -1.43. The van der Waals surface area contributed by atoms with E-state index in [9.17, 15) is 4.79 Å². The number of aryl methyl sites for hydroxylation is 1. The Morgan fingerprint density at radius 2 is 2.38 bits per heavy atom. The highest BCUT2D eigenvalue weighted by molar-refractivity contribution is 7.16. The maximum absolute atomic E-state index is 10.8. The summed E-state index contributed by atoms with van der Waals surface area (Å²) in [6.45, 7) is 2.01. The Labute approximate surface area is 95.7 Å². The number of nitrogens with zero attached hydrogens (tertiary/aromatic N) is 3. The van der Waals surface area contributed by atoms with E-state index in [2.05, 4.69) is 10.2 Å². The van der Waals surface area contributed by atoms with Gasteiger partial charge in [-0.3, -0.25) is 9.20 Å². The van der Waals surface area contributed by atoms with Gasteiger partial charge in [-0.2, -0.15) is 0 Å². The van der Waals surface area contributed by atoms with Gasteiger partial charge in [-0.1, -0.05) is 11.3 Å². The molecular formula is C10H11N3O2S. The lowest BCUT2D eigenvalue weighted by Gasteiger charge is -2.08. The number of aliphatic carboxylic acids is 1. The van der Waals surface area contributed by atoms with E-state index in [0.717, 1.165) is 28.5 Å². The molecule has 0 unspecified atom stereocenters. The second-order valence-corrected chi connectivity index (χ2v) is 5.58. The number of hydrogen-bond donors (Lipinski definition) is 1. The number of hydrogen-bond acceptors (Lipinski definition) is 4. The summed E-state index contributed by atoms with van der Waals surface area (Å²) in [7, 11) is 0. The Kier molecular flexibility index (Phi) is 1.85. The zero-order valence-corrected chi connectivity index (χ0v) is 9.62. The fraction of sp³-hybridized carbons (Fsp3) is 0.500. The molecule has 0 spiro atoms. The minimum absolute atomic E-state index is 0.155. The highest BCUT2D eigenvalue weighted by Gasteiger charge is 2.49. The molecule has 6 heteroatoms. The average molecular weight is 237 g/mol. The van der Waals surface area contributed by atoms with E-state index in [-0.39, 0.29) is 11.8 Å². The van der Waals surface area contributed by atoms with Gasteiger partial charge >= 0.3 is 5.97 Å². The fourth-order valence-electron chi connectivity index (χ4n) is 2.10. The van der Waals surface area contributed by atoms with Crippen molar-refractivity contribution in [2.75, 3.05) is 0 Å². The number of fused-ring (bicyclic) bond motifs is 1. The number of rotatable bonds is 3. The Bertz CT molecular complexity index is 568. The van der Waals surface area contributed by atoms with Crippen molar-refractivity contribution in [2.45, 2.75) is 31.6 Å². The molecule has 2 aromatic heterocycles. The van der Waals surface area contributed by atoms with Crippen molar-refractivity contribution in [3.63, 3.8) is 0 Å². The van der Waals surface area contributed by atoms with Crippen LogP contribution in [0.4, 0.5) is 0 Å². The summed E-state index contributed by atoms with van der Waals surface area (Å²) in [6.07, 6.45) is 3.93. The lowest BCUT2D eigenvalue weighted by molar-refractivity contribution is -0.137. The number of carboxylic acid groups (broad SMARTS) is 1. The molecule has 0 saturated heterocycles. The summed E-state index contributed by atoms with van der Waals surface area (Å²) in [5.74, 6) is 0.0513. The first-order valence-electron chi connectivity index (χ1n) is 5.14. The van der Waals surface area contributed by atoms with Crippen molar-refractivity contribution in [2.24, 2.45) is 0 Å². The highest BCUT2D eigenvalue weighted by Crippen LogP contribution is 2.50. The molecule has 0 aliphatic heterocycles. The third-order valence-electron chi connectivity index (χ3n) is 3.05. The Morgan fingerprint density at radius 1 is 1.62 bits per heavy atom. The fourth-order valence-corrected chi connectivity index (χ4v) is 2.86. The molecule has 0 amide bonds. The third kappa shape index (κ3) is 1.33. The lowest BCUT2D eigenvalue weighted by Crippen LogP contribution is -2.16. The SMILES string of the molecule is Cc1cn2c(C3(CC(=O)O)CC3)nnc2s1. The first-order chi connectivity index (χ1) is 7.61. The molecule has 1 aliphatic rings. The molecular weight excluding hydrogens is 226 g/mol. The van der Waals surface area contributed by atoms with Crippen molar-refractivity contribution in [1.82, 2.24) is 14.6 Å². The van der Waals surface area contributed by atoms with E-state index in [1.54, 1.807) is 11.3 Å². The molecule has 5 nitrogen and oxygen atoms in total. The van der Waals surface area contributed by atoms with Crippen LogP contribution in [-0.4, -0.2) is 25.7 Å². The van der Waals surface area contributed by atoms with Gasteiger partial charge < -0.3 is 5.11 Å². The monoisotopic (exact) mass is 237 g/mol. The van der Waals surface area contributed by atoms with Crippen LogP contribution in [0.15, 0.2) is 6.20 Å².